The third-order valence-corrected chi connectivity index (χ3v) is 7.19. The van der Waals surface area contributed by atoms with E-state index < -0.39 is 59.7 Å². The number of benzene rings is 2. The quantitative estimate of drug-likeness (QED) is 0.0804. The Hall–Kier alpha value is -5.34. The maximum atomic E-state index is 13.6. The van der Waals surface area contributed by atoms with Gasteiger partial charge in [0.1, 0.15) is 30.0 Å². The number of carboxylic acids is 2. The van der Waals surface area contributed by atoms with Crippen molar-refractivity contribution in [1.82, 2.24) is 21.3 Å². The first-order chi connectivity index (χ1) is 24.2. The van der Waals surface area contributed by atoms with Crippen LogP contribution in [-0.4, -0.2) is 83.0 Å². The minimum absolute atomic E-state index is 0.0150. The number of ether oxygens (including phenoxy) is 3. The van der Waals surface area contributed by atoms with Gasteiger partial charge >= 0.3 is 24.1 Å². The second-order valence-corrected chi connectivity index (χ2v) is 12.8. The number of hydrogen-bond donors (Lipinski definition) is 6. The Bertz CT molecular complexity index is 1410. The molecule has 0 fully saturated rings. The molecule has 15 nitrogen and oxygen atoms in total. The molecule has 0 saturated carbocycles. The minimum Gasteiger partial charge on any atom is -0.478 e. The van der Waals surface area contributed by atoms with Crippen LogP contribution in [0.4, 0.5) is 9.59 Å². The van der Waals surface area contributed by atoms with E-state index in [1.165, 1.54) is 24.3 Å². The lowest BCUT2D eigenvalue weighted by molar-refractivity contribution is -0.159. The molecule has 0 aliphatic carbocycles. The van der Waals surface area contributed by atoms with Crippen molar-refractivity contribution in [3.05, 3.63) is 65.7 Å². The molecular weight excluding hydrogens is 664 g/mol. The molecule has 0 aliphatic heterocycles. The molecule has 0 bridgehead atoms. The highest BCUT2D eigenvalue weighted by Crippen LogP contribution is 2.16. The van der Waals surface area contributed by atoms with Gasteiger partial charge < -0.3 is 45.7 Å². The molecule has 0 heterocycles. The summed E-state index contributed by atoms with van der Waals surface area (Å²) in [5.41, 5.74) is 0.569. The van der Waals surface area contributed by atoms with Crippen LogP contribution in [0.2, 0.25) is 0 Å². The first-order valence-corrected chi connectivity index (χ1v) is 16.9. The minimum atomic E-state index is -2.10. The van der Waals surface area contributed by atoms with Gasteiger partial charge in [-0.15, -0.1) is 0 Å². The van der Waals surface area contributed by atoms with Crippen LogP contribution in [0.15, 0.2) is 54.6 Å². The van der Waals surface area contributed by atoms with Crippen LogP contribution >= 0.6 is 0 Å². The summed E-state index contributed by atoms with van der Waals surface area (Å²) in [6.07, 6.45) is 0.119. The Balaban J connectivity index is 2.11. The monoisotopic (exact) mass is 714 g/mol. The fraction of sp³-hybridized carbons (Fsp3) is 0.500. The van der Waals surface area contributed by atoms with Crippen LogP contribution in [0.3, 0.4) is 0 Å². The molecular formula is C36H50N4O11. The van der Waals surface area contributed by atoms with Gasteiger partial charge in [0.25, 0.3) is 6.10 Å². The van der Waals surface area contributed by atoms with Crippen LogP contribution in [0.25, 0.3) is 0 Å². The van der Waals surface area contributed by atoms with E-state index in [-0.39, 0.29) is 31.7 Å². The predicted octanol–water partition coefficient (Wildman–Crippen LogP) is 3.93. The Kier molecular flexibility index (Phi) is 17.8. The molecule has 0 aromatic heterocycles. The van der Waals surface area contributed by atoms with Gasteiger partial charge in [0.05, 0.1) is 0 Å². The number of hydrogen-bond acceptors (Lipinski definition) is 9. The fourth-order valence-corrected chi connectivity index (χ4v) is 4.63. The highest BCUT2D eigenvalue weighted by Gasteiger charge is 2.30. The van der Waals surface area contributed by atoms with Crippen molar-refractivity contribution in [2.75, 3.05) is 13.1 Å². The molecule has 0 saturated heterocycles. The first-order valence-electron chi connectivity index (χ1n) is 16.9. The van der Waals surface area contributed by atoms with Gasteiger partial charge in [0.15, 0.2) is 0 Å². The third kappa shape index (κ3) is 17.2. The third-order valence-electron chi connectivity index (χ3n) is 7.19. The Morgan fingerprint density at radius 3 is 1.94 bits per heavy atom. The number of alkyl carbamates (subject to hydrolysis) is 2. The van der Waals surface area contributed by atoms with Crippen molar-refractivity contribution >= 4 is 35.9 Å². The van der Waals surface area contributed by atoms with E-state index in [1.54, 1.807) is 20.8 Å². The number of nitrogens with one attached hydrogen (secondary N) is 4. The molecule has 6 N–H and O–H groups in total. The molecule has 4 amide bonds. The standard InChI is InChI=1S/C36H50N4O11/c1-5-6-11-20-37-30(41)28(22-24-16-18-26(19-17-24)50-29(32(43)44)33(45)46)39-31(42)27(40-35(48)51-36(2,3)4)15-10-12-21-38-34(47)49-23-25-13-8-7-9-14-25/h7-9,13-14,16-19,27-29H,5-6,10-12,15,20-23H2,1-4H3,(H,37,41)(H,38,47)(H,39,42)(H,40,48)(H,43,44)(H,45,46)/t27-,28-/m0/s1. The van der Waals surface area contributed by atoms with E-state index in [0.717, 1.165) is 24.8 Å². The van der Waals surface area contributed by atoms with Crippen LogP contribution in [-0.2, 0) is 41.7 Å². The molecule has 2 aromatic carbocycles. The number of rotatable bonds is 21. The summed E-state index contributed by atoms with van der Waals surface area (Å²) in [7, 11) is 0. The fourth-order valence-electron chi connectivity index (χ4n) is 4.63. The topological polar surface area (TPSA) is 219 Å². The van der Waals surface area contributed by atoms with Crippen LogP contribution in [0.1, 0.15) is 77.3 Å². The van der Waals surface area contributed by atoms with Crippen molar-refractivity contribution in [3.63, 3.8) is 0 Å². The normalized spacial score (nSPS) is 12.2. The zero-order chi connectivity index (χ0) is 37.8. The second kappa shape index (κ2) is 21.7. The number of carbonyl (C=O) groups excluding carboxylic acids is 4. The lowest BCUT2D eigenvalue weighted by Gasteiger charge is -2.25. The van der Waals surface area contributed by atoms with E-state index in [9.17, 15) is 28.8 Å². The lowest BCUT2D eigenvalue weighted by atomic mass is 10.0. The molecule has 2 rings (SSSR count). The van der Waals surface area contributed by atoms with Crippen molar-refractivity contribution < 1.29 is 53.2 Å². The molecule has 2 aromatic rings. The summed E-state index contributed by atoms with van der Waals surface area (Å²) in [5.74, 6) is -4.43. The number of amides is 4. The van der Waals surface area contributed by atoms with Crippen LogP contribution in [0.5, 0.6) is 5.75 Å². The average molecular weight is 715 g/mol. The smallest absolute Gasteiger partial charge is 0.408 e. The molecule has 0 radical (unpaired) electrons. The maximum absolute atomic E-state index is 13.6. The highest BCUT2D eigenvalue weighted by molar-refractivity contribution is 5.96. The molecule has 51 heavy (non-hydrogen) atoms. The molecule has 0 unspecified atom stereocenters. The van der Waals surface area contributed by atoms with E-state index in [1.807, 2.05) is 37.3 Å². The van der Waals surface area contributed by atoms with Gasteiger partial charge in [0, 0.05) is 19.5 Å². The van der Waals surface area contributed by atoms with Crippen molar-refractivity contribution in [2.45, 2.75) is 103 Å². The summed E-state index contributed by atoms with van der Waals surface area (Å²) < 4.78 is 15.6. The number of unbranched alkanes of at least 4 members (excludes halogenated alkanes) is 3. The lowest BCUT2D eigenvalue weighted by Crippen LogP contribution is -2.55. The molecule has 2 atom stereocenters. The van der Waals surface area contributed by atoms with Gasteiger partial charge in [-0.2, -0.15) is 0 Å². The zero-order valence-electron chi connectivity index (χ0n) is 29.6. The van der Waals surface area contributed by atoms with Crippen LogP contribution < -0.4 is 26.0 Å². The van der Waals surface area contributed by atoms with Crippen molar-refractivity contribution in [3.8, 4) is 5.75 Å². The van der Waals surface area contributed by atoms with Gasteiger partial charge in [-0.3, -0.25) is 9.59 Å². The van der Waals surface area contributed by atoms with E-state index in [0.29, 0.717) is 24.9 Å². The summed E-state index contributed by atoms with van der Waals surface area (Å²) in [6, 6.07) is 12.8. The Labute approximate surface area is 297 Å². The van der Waals surface area contributed by atoms with Gasteiger partial charge in [0.2, 0.25) is 11.8 Å². The van der Waals surface area contributed by atoms with E-state index >= 15 is 0 Å². The van der Waals surface area contributed by atoms with Crippen LogP contribution in [0, 0.1) is 0 Å². The number of aliphatic carboxylic acids is 2. The molecule has 15 heteroatoms. The van der Waals surface area contributed by atoms with Gasteiger partial charge in [-0.25, -0.2) is 19.2 Å². The first kappa shape index (κ1) is 41.8. The molecule has 0 aliphatic rings. The average Bonchev–Trinajstić information content (AvgIpc) is 3.07. The molecule has 0 spiro atoms. The zero-order valence-corrected chi connectivity index (χ0v) is 29.6. The summed E-state index contributed by atoms with van der Waals surface area (Å²) in [6.45, 7) is 7.85. The SMILES string of the molecule is CCCCCNC(=O)[C@H](Cc1ccc(OC(C(=O)O)C(=O)O)cc1)NC(=O)[C@H](CCCCNC(=O)OCc1ccccc1)NC(=O)OC(C)(C)C. The largest absolute Gasteiger partial charge is 0.478 e. The van der Waals surface area contributed by atoms with E-state index in [2.05, 4.69) is 21.3 Å². The van der Waals surface area contributed by atoms with Crippen molar-refractivity contribution in [2.24, 2.45) is 0 Å². The molecule has 280 valence electrons. The summed E-state index contributed by atoms with van der Waals surface area (Å²) >= 11 is 0. The summed E-state index contributed by atoms with van der Waals surface area (Å²) in [4.78, 5) is 74.1. The Morgan fingerprint density at radius 1 is 0.706 bits per heavy atom. The Morgan fingerprint density at radius 2 is 1.33 bits per heavy atom. The number of carboxylic acid groups (broad SMARTS) is 2. The van der Waals surface area contributed by atoms with Gasteiger partial charge in [-0.05, 0) is 69.7 Å². The van der Waals surface area contributed by atoms with Gasteiger partial charge in [-0.1, -0.05) is 62.2 Å². The van der Waals surface area contributed by atoms with E-state index in [4.69, 9.17) is 24.4 Å². The summed E-state index contributed by atoms with van der Waals surface area (Å²) in [5, 5.41) is 29.0. The second-order valence-electron chi connectivity index (χ2n) is 12.8. The predicted molar refractivity (Wildman–Crippen MR) is 186 cm³/mol. The van der Waals surface area contributed by atoms with Crippen molar-refractivity contribution in [1.29, 1.82) is 0 Å². The highest BCUT2D eigenvalue weighted by atomic mass is 16.6. The maximum Gasteiger partial charge on any atom is 0.408 e. The number of carbonyl (C=O) groups is 6.